The molecule has 0 bridgehead atoms. The highest BCUT2D eigenvalue weighted by Crippen LogP contribution is 2.21. The van der Waals surface area contributed by atoms with Crippen LogP contribution in [0.15, 0.2) is 30.9 Å². The molecular formula is C11H13Cl2N. The Labute approximate surface area is 94.5 Å². The van der Waals surface area contributed by atoms with Gasteiger partial charge in [-0.25, -0.2) is 0 Å². The molecule has 1 aromatic carbocycles. The van der Waals surface area contributed by atoms with Crippen molar-refractivity contribution in [3.8, 4) is 0 Å². The zero-order valence-electron chi connectivity index (χ0n) is 7.84. The van der Waals surface area contributed by atoms with Gasteiger partial charge < -0.3 is 5.73 Å². The Balaban J connectivity index is 2.74. The fourth-order valence-corrected chi connectivity index (χ4v) is 1.67. The van der Waals surface area contributed by atoms with Crippen molar-refractivity contribution in [1.29, 1.82) is 0 Å². The minimum absolute atomic E-state index is 0.0588. The van der Waals surface area contributed by atoms with E-state index in [1.807, 2.05) is 12.1 Å². The third kappa shape index (κ3) is 3.33. The molecule has 0 aliphatic heterocycles. The highest BCUT2D eigenvalue weighted by molar-refractivity contribution is 6.33. The molecule has 0 saturated heterocycles. The van der Waals surface area contributed by atoms with E-state index in [1.165, 1.54) is 0 Å². The van der Waals surface area contributed by atoms with Crippen LogP contribution in [0.1, 0.15) is 12.0 Å². The molecule has 1 nitrogen and oxygen atoms in total. The van der Waals surface area contributed by atoms with Gasteiger partial charge in [-0.05, 0) is 36.6 Å². The van der Waals surface area contributed by atoms with Crippen molar-refractivity contribution >= 4 is 23.2 Å². The summed E-state index contributed by atoms with van der Waals surface area (Å²) in [6.45, 7) is 3.64. The first-order valence-electron chi connectivity index (χ1n) is 4.44. The van der Waals surface area contributed by atoms with Crippen molar-refractivity contribution in [2.45, 2.75) is 18.9 Å². The second-order valence-corrected chi connectivity index (χ2v) is 4.07. The van der Waals surface area contributed by atoms with E-state index < -0.39 is 0 Å². The van der Waals surface area contributed by atoms with Crippen LogP contribution in [0.3, 0.4) is 0 Å². The predicted octanol–water partition coefficient (Wildman–Crippen LogP) is 3.44. The average molecular weight is 230 g/mol. The zero-order chi connectivity index (χ0) is 10.6. The van der Waals surface area contributed by atoms with Gasteiger partial charge in [-0.3, -0.25) is 0 Å². The Hall–Kier alpha value is -0.500. The van der Waals surface area contributed by atoms with E-state index in [0.717, 1.165) is 18.4 Å². The van der Waals surface area contributed by atoms with Crippen LogP contribution in [0, 0.1) is 0 Å². The molecule has 1 rings (SSSR count). The van der Waals surface area contributed by atoms with E-state index in [9.17, 15) is 0 Å². The number of benzene rings is 1. The summed E-state index contributed by atoms with van der Waals surface area (Å²) in [4.78, 5) is 0. The first-order chi connectivity index (χ1) is 6.63. The molecule has 0 saturated carbocycles. The smallest absolute Gasteiger partial charge is 0.0439 e. The van der Waals surface area contributed by atoms with Gasteiger partial charge in [0.1, 0.15) is 0 Å². The normalized spacial score (nSPS) is 12.5. The van der Waals surface area contributed by atoms with Gasteiger partial charge in [-0.15, -0.1) is 6.58 Å². The minimum atomic E-state index is 0.0588. The van der Waals surface area contributed by atoms with E-state index in [-0.39, 0.29) is 6.04 Å². The summed E-state index contributed by atoms with van der Waals surface area (Å²) in [7, 11) is 0. The first kappa shape index (κ1) is 11.6. The minimum Gasteiger partial charge on any atom is -0.327 e. The van der Waals surface area contributed by atoms with E-state index >= 15 is 0 Å². The van der Waals surface area contributed by atoms with E-state index in [4.69, 9.17) is 28.9 Å². The van der Waals surface area contributed by atoms with Gasteiger partial charge in [-0.1, -0.05) is 29.3 Å². The SMILES string of the molecule is C=CCC(N)Cc1cc(Cl)ccc1Cl. The third-order valence-electron chi connectivity index (χ3n) is 1.96. The van der Waals surface area contributed by atoms with Gasteiger partial charge in [-0.2, -0.15) is 0 Å². The lowest BCUT2D eigenvalue weighted by molar-refractivity contribution is 0.680. The summed E-state index contributed by atoms with van der Waals surface area (Å²) in [5.41, 5.74) is 6.86. The van der Waals surface area contributed by atoms with Crippen LogP contribution in [0.2, 0.25) is 10.0 Å². The summed E-state index contributed by atoms with van der Waals surface area (Å²) in [5.74, 6) is 0. The van der Waals surface area contributed by atoms with Gasteiger partial charge in [0.25, 0.3) is 0 Å². The second-order valence-electron chi connectivity index (χ2n) is 3.22. The maximum absolute atomic E-state index is 6.00. The van der Waals surface area contributed by atoms with Gasteiger partial charge in [0.05, 0.1) is 0 Å². The topological polar surface area (TPSA) is 26.0 Å². The molecule has 0 aliphatic rings. The zero-order valence-corrected chi connectivity index (χ0v) is 9.35. The van der Waals surface area contributed by atoms with Crippen LogP contribution in [-0.4, -0.2) is 6.04 Å². The quantitative estimate of drug-likeness (QED) is 0.787. The predicted molar refractivity (Wildman–Crippen MR) is 63.0 cm³/mol. The largest absolute Gasteiger partial charge is 0.327 e. The lowest BCUT2D eigenvalue weighted by Crippen LogP contribution is -2.21. The van der Waals surface area contributed by atoms with Crippen LogP contribution in [0.4, 0.5) is 0 Å². The molecule has 0 aromatic heterocycles. The molecule has 0 amide bonds. The maximum Gasteiger partial charge on any atom is 0.0439 e. The third-order valence-corrected chi connectivity index (χ3v) is 2.56. The Morgan fingerprint density at radius 2 is 2.14 bits per heavy atom. The maximum atomic E-state index is 6.00. The molecule has 2 N–H and O–H groups in total. The summed E-state index contributed by atoms with van der Waals surface area (Å²) in [6, 6.07) is 5.47. The molecule has 0 heterocycles. The Morgan fingerprint density at radius 1 is 1.43 bits per heavy atom. The van der Waals surface area contributed by atoms with Crippen molar-refractivity contribution in [2.24, 2.45) is 5.73 Å². The van der Waals surface area contributed by atoms with Crippen molar-refractivity contribution < 1.29 is 0 Å². The lowest BCUT2D eigenvalue weighted by atomic mass is 10.0. The van der Waals surface area contributed by atoms with Crippen molar-refractivity contribution in [3.05, 3.63) is 46.5 Å². The van der Waals surface area contributed by atoms with Crippen LogP contribution in [0.25, 0.3) is 0 Å². The van der Waals surface area contributed by atoms with E-state index in [0.29, 0.717) is 10.0 Å². The molecule has 1 atom stereocenters. The van der Waals surface area contributed by atoms with Gasteiger partial charge >= 0.3 is 0 Å². The lowest BCUT2D eigenvalue weighted by Gasteiger charge is -2.10. The number of rotatable bonds is 4. The monoisotopic (exact) mass is 229 g/mol. The fraction of sp³-hybridized carbons (Fsp3) is 0.273. The number of hydrogen-bond donors (Lipinski definition) is 1. The molecule has 14 heavy (non-hydrogen) atoms. The Bertz CT molecular complexity index is 323. The molecule has 0 spiro atoms. The molecular weight excluding hydrogens is 217 g/mol. The standard InChI is InChI=1S/C11H13Cl2N/c1-2-3-10(14)7-8-6-9(12)4-5-11(8)13/h2,4-6,10H,1,3,7,14H2. The Kier molecular flexibility index (Phi) is 4.46. The average Bonchev–Trinajstić information content (AvgIpc) is 2.12. The number of nitrogens with two attached hydrogens (primary N) is 1. The molecule has 1 aromatic rings. The summed E-state index contributed by atoms with van der Waals surface area (Å²) >= 11 is 11.9. The van der Waals surface area contributed by atoms with Crippen LogP contribution < -0.4 is 5.73 Å². The van der Waals surface area contributed by atoms with Crippen molar-refractivity contribution in [2.75, 3.05) is 0 Å². The first-order valence-corrected chi connectivity index (χ1v) is 5.19. The number of halogens is 2. The summed E-state index contributed by atoms with van der Waals surface area (Å²) in [5, 5.41) is 1.41. The summed E-state index contributed by atoms with van der Waals surface area (Å²) in [6.07, 6.45) is 3.32. The van der Waals surface area contributed by atoms with Gasteiger partial charge in [0, 0.05) is 16.1 Å². The van der Waals surface area contributed by atoms with Crippen molar-refractivity contribution in [1.82, 2.24) is 0 Å². The van der Waals surface area contributed by atoms with Crippen LogP contribution in [-0.2, 0) is 6.42 Å². The summed E-state index contributed by atoms with van der Waals surface area (Å²) < 4.78 is 0. The second kappa shape index (κ2) is 5.40. The van der Waals surface area contributed by atoms with Crippen LogP contribution >= 0.6 is 23.2 Å². The molecule has 76 valence electrons. The molecule has 0 radical (unpaired) electrons. The number of hydrogen-bond acceptors (Lipinski definition) is 1. The molecule has 3 heteroatoms. The highest BCUT2D eigenvalue weighted by Gasteiger charge is 2.06. The highest BCUT2D eigenvalue weighted by atomic mass is 35.5. The molecule has 0 fully saturated rings. The molecule has 1 unspecified atom stereocenters. The van der Waals surface area contributed by atoms with E-state index in [2.05, 4.69) is 6.58 Å². The van der Waals surface area contributed by atoms with Crippen molar-refractivity contribution in [3.63, 3.8) is 0 Å². The van der Waals surface area contributed by atoms with Gasteiger partial charge in [0.15, 0.2) is 0 Å². The Morgan fingerprint density at radius 3 is 2.79 bits per heavy atom. The van der Waals surface area contributed by atoms with Gasteiger partial charge in [0.2, 0.25) is 0 Å². The van der Waals surface area contributed by atoms with Crippen LogP contribution in [0.5, 0.6) is 0 Å². The fourth-order valence-electron chi connectivity index (χ4n) is 1.28. The molecule has 0 aliphatic carbocycles. The van der Waals surface area contributed by atoms with E-state index in [1.54, 1.807) is 12.1 Å².